The molecule has 0 spiro atoms. The van der Waals surface area contributed by atoms with Crippen molar-refractivity contribution in [3.05, 3.63) is 15.8 Å². The molecule has 0 radical (unpaired) electrons. The predicted molar refractivity (Wildman–Crippen MR) is 87.3 cm³/mol. The predicted octanol–water partition coefficient (Wildman–Crippen LogP) is 2.12. The van der Waals surface area contributed by atoms with Gasteiger partial charge in [0.05, 0.1) is 6.61 Å². The van der Waals surface area contributed by atoms with E-state index in [0.717, 1.165) is 10.4 Å². The standard InChI is InChI=1S/C14H26N2O3S2/c1-6-19-8-12(10(2)3)16-21(17,18)14-11(4)9-20-13(14)7-15-5/h9-10,12,15-16H,6-8H2,1-5H3. The van der Waals surface area contributed by atoms with Crippen molar-refractivity contribution in [2.75, 3.05) is 20.3 Å². The van der Waals surface area contributed by atoms with Crippen molar-refractivity contribution < 1.29 is 13.2 Å². The van der Waals surface area contributed by atoms with Crippen LogP contribution in [0.5, 0.6) is 0 Å². The highest BCUT2D eigenvalue weighted by molar-refractivity contribution is 7.89. The Morgan fingerprint density at radius 1 is 1.38 bits per heavy atom. The number of nitrogens with one attached hydrogen (secondary N) is 2. The molecule has 0 aliphatic carbocycles. The Morgan fingerprint density at radius 3 is 2.57 bits per heavy atom. The summed E-state index contributed by atoms with van der Waals surface area (Å²) in [4.78, 5) is 1.24. The van der Waals surface area contributed by atoms with Gasteiger partial charge in [-0.3, -0.25) is 0 Å². The molecule has 1 rings (SSSR count). The third-order valence-corrected chi connectivity index (χ3v) is 6.16. The fraction of sp³-hybridized carbons (Fsp3) is 0.714. The van der Waals surface area contributed by atoms with Crippen molar-refractivity contribution in [1.29, 1.82) is 0 Å². The molecule has 1 aromatic rings. The van der Waals surface area contributed by atoms with Gasteiger partial charge in [-0.05, 0) is 37.8 Å². The molecule has 1 unspecified atom stereocenters. The molecule has 0 saturated carbocycles. The van der Waals surface area contributed by atoms with Crippen LogP contribution in [0.25, 0.3) is 0 Å². The van der Waals surface area contributed by atoms with E-state index in [-0.39, 0.29) is 12.0 Å². The van der Waals surface area contributed by atoms with Crippen molar-refractivity contribution in [3.63, 3.8) is 0 Å². The summed E-state index contributed by atoms with van der Waals surface area (Å²) >= 11 is 1.47. The van der Waals surface area contributed by atoms with Crippen molar-refractivity contribution in [2.45, 2.75) is 45.2 Å². The zero-order chi connectivity index (χ0) is 16.0. The first-order chi connectivity index (χ1) is 9.83. The molecule has 1 heterocycles. The molecule has 0 amide bonds. The molecule has 0 fully saturated rings. The minimum Gasteiger partial charge on any atom is -0.380 e. The molecule has 0 aliphatic rings. The number of thiophene rings is 1. The number of rotatable bonds is 9. The summed E-state index contributed by atoms with van der Waals surface area (Å²) in [5.74, 6) is 0.165. The molecular weight excluding hydrogens is 308 g/mol. The molecule has 0 saturated heterocycles. The lowest BCUT2D eigenvalue weighted by atomic mass is 10.1. The molecule has 5 nitrogen and oxygen atoms in total. The fourth-order valence-corrected chi connectivity index (χ4v) is 5.19. The van der Waals surface area contributed by atoms with Crippen LogP contribution in [0.1, 0.15) is 31.2 Å². The quantitative estimate of drug-likeness (QED) is 0.726. The first kappa shape index (κ1) is 18.6. The maximum atomic E-state index is 12.7. The van der Waals surface area contributed by atoms with Crippen LogP contribution in [0.15, 0.2) is 10.3 Å². The Balaban J connectivity index is 3.01. The number of hydrogen-bond donors (Lipinski definition) is 2. The van der Waals surface area contributed by atoms with E-state index in [1.54, 1.807) is 0 Å². The molecule has 122 valence electrons. The first-order valence-corrected chi connectivity index (χ1v) is 9.51. The zero-order valence-corrected chi connectivity index (χ0v) is 15.0. The number of sulfonamides is 1. The Morgan fingerprint density at radius 2 is 2.05 bits per heavy atom. The van der Waals surface area contributed by atoms with E-state index in [1.807, 2.05) is 40.1 Å². The summed E-state index contributed by atoms with van der Waals surface area (Å²) < 4.78 is 33.6. The maximum absolute atomic E-state index is 12.7. The van der Waals surface area contributed by atoms with Crippen LogP contribution in [0.3, 0.4) is 0 Å². The van der Waals surface area contributed by atoms with Crippen molar-refractivity contribution in [2.24, 2.45) is 5.92 Å². The highest BCUT2D eigenvalue weighted by Crippen LogP contribution is 2.27. The van der Waals surface area contributed by atoms with Crippen molar-refractivity contribution >= 4 is 21.4 Å². The lowest BCUT2D eigenvalue weighted by Crippen LogP contribution is -2.42. The SMILES string of the molecule is CCOCC(NS(=O)(=O)c1c(C)csc1CNC)C(C)C. The van der Waals surface area contributed by atoms with E-state index < -0.39 is 10.0 Å². The van der Waals surface area contributed by atoms with E-state index in [0.29, 0.717) is 24.7 Å². The zero-order valence-electron chi connectivity index (χ0n) is 13.4. The van der Waals surface area contributed by atoms with Gasteiger partial charge in [-0.15, -0.1) is 11.3 Å². The highest BCUT2D eigenvalue weighted by Gasteiger charge is 2.27. The summed E-state index contributed by atoms with van der Waals surface area (Å²) in [6.45, 7) is 9.22. The minimum atomic E-state index is -3.53. The van der Waals surface area contributed by atoms with Gasteiger partial charge in [-0.1, -0.05) is 13.8 Å². The molecule has 0 aliphatic heterocycles. The average molecular weight is 335 g/mol. The Labute approximate surface area is 132 Å². The van der Waals surface area contributed by atoms with Gasteiger partial charge in [0.1, 0.15) is 4.90 Å². The summed E-state index contributed by atoms with van der Waals surface area (Å²) in [5.41, 5.74) is 0.789. The third kappa shape index (κ3) is 5.03. The Bertz CT molecular complexity index is 538. The molecule has 0 bridgehead atoms. The van der Waals surface area contributed by atoms with Crippen LogP contribution in [-0.2, 0) is 21.3 Å². The molecule has 0 aromatic carbocycles. The van der Waals surface area contributed by atoms with Gasteiger partial charge in [0, 0.05) is 24.1 Å². The van der Waals surface area contributed by atoms with Crippen LogP contribution in [0.4, 0.5) is 0 Å². The first-order valence-electron chi connectivity index (χ1n) is 7.15. The second-order valence-electron chi connectivity index (χ2n) is 5.33. The van der Waals surface area contributed by atoms with E-state index in [2.05, 4.69) is 10.0 Å². The molecule has 2 N–H and O–H groups in total. The van der Waals surface area contributed by atoms with Gasteiger partial charge in [-0.25, -0.2) is 13.1 Å². The van der Waals surface area contributed by atoms with Crippen LogP contribution in [-0.4, -0.2) is 34.7 Å². The maximum Gasteiger partial charge on any atom is 0.242 e. The van der Waals surface area contributed by atoms with Crippen LogP contribution < -0.4 is 10.0 Å². The summed E-state index contributed by atoms with van der Waals surface area (Å²) in [7, 11) is -1.72. The Kier molecular flexibility index (Phi) is 7.29. The molecule has 1 atom stereocenters. The smallest absolute Gasteiger partial charge is 0.242 e. The number of aryl methyl sites for hydroxylation is 1. The molecule has 1 aromatic heterocycles. The fourth-order valence-electron chi connectivity index (χ4n) is 2.00. The van der Waals surface area contributed by atoms with E-state index in [4.69, 9.17) is 4.74 Å². The largest absolute Gasteiger partial charge is 0.380 e. The van der Waals surface area contributed by atoms with Gasteiger partial charge < -0.3 is 10.1 Å². The number of hydrogen-bond acceptors (Lipinski definition) is 5. The van der Waals surface area contributed by atoms with Crippen molar-refractivity contribution in [3.8, 4) is 0 Å². The van der Waals surface area contributed by atoms with Crippen LogP contribution in [0.2, 0.25) is 0 Å². The average Bonchev–Trinajstić information content (AvgIpc) is 2.76. The van der Waals surface area contributed by atoms with E-state index >= 15 is 0 Å². The van der Waals surface area contributed by atoms with E-state index in [1.165, 1.54) is 11.3 Å². The van der Waals surface area contributed by atoms with Gasteiger partial charge in [0.2, 0.25) is 10.0 Å². The third-order valence-electron chi connectivity index (χ3n) is 3.21. The summed E-state index contributed by atoms with van der Waals surface area (Å²) in [5, 5.41) is 4.90. The second-order valence-corrected chi connectivity index (χ2v) is 7.95. The van der Waals surface area contributed by atoms with Crippen LogP contribution in [0, 0.1) is 12.8 Å². The normalized spacial score (nSPS) is 13.8. The highest BCUT2D eigenvalue weighted by atomic mass is 32.2. The summed E-state index contributed by atoms with van der Waals surface area (Å²) in [6, 6.07) is -0.225. The molecule has 7 heteroatoms. The molecule has 21 heavy (non-hydrogen) atoms. The van der Waals surface area contributed by atoms with Gasteiger partial charge in [0.25, 0.3) is 0 Å². The minimum absolute atomic E-state index is 0.165. The number of ether oxygens (including phenoxy) is 1. The van der Waals surface area contributed by atoms with Gasteiger partial charge in [-0.2, -0.15) is 0 Å². The van der Waals surface area contributed by atoms with Gasteiger partial charge >= 0.3 is 0 Å². The monoisotopic (exact) mass is 334 g/mol. The lowest BCUT2D eigenvalue weighted by molar-refractivity contribution is 0.116. The van der Waals surface area contributed by atoms with Crippen LogP contribution >= 0.6 is 11.3 Å². The van der Waals surface area contributed by atoms with Crippen molar-refractivity contribution in [1.82, 2.24) is 10.0 Å². The summed E-state index contributed by atoms with van der Waals surface area (Å²) in [6.07, 6.45) is 0. The van der Waals surface area contributed by atoms with E-state index in [9.17, 15) is 8.42 Å². The Hall–Kier alpha value is -0.470. The molecular formula is C14H26N2O3S2. The van der Waals surface area contributed by atoms with Gasteiger partial charge in [0.15, 0.2) is 0 Å². The lowest BCUT2D eigenvalue weighted by Gasteiger charge is -2.22. The second kappa shape index (κ2) is 8.24. The topological polar surface area (TPSA) is 67.4 Å².